The number of benzene rings is 1. The van der Waals surface area contributed by atoms with E-state index in [9.17, 15) is 0 Å². The number of rotatable bonds is 2. The SMILES string of the molecule is CN=C=NCc1ccccc1. The lowest BCUT2D eigenvalue weighted by molar-refractivity contribution is 1.08. The molecule has 56 valence electrons. The highest BCUT2D eigenvalue weighted by Crippen LogP contribution is 1.98. The summed E-state index contributed by atoms with van der Waals surface area (Å²) in [4.78, 5) is 7.58. The molecule has 0 spiro atoms. The van der Waals surface area contributed by atoms with E-state index < -0.39 is 0 Å². The Bertz CT molecular complexity index is 258. The highest BCUT2D eigenvalue weighted by molar-refractivity contribution is 5.40. The first-order chi connectivity index (χ1) is 5.43. The van der Waals surface area contributed by atoms with Gasteiger partial charge in [0.2, 0.25) is 0 Å². The molecule has 0 aliphatic heterocycles. The van der Waals surface area contributed by atoms with Crippen LogP contribution in [0, 0.1) is 0 Å². The molecule has 0 radical (unpaired) electrons. The molecule has 11 heavy (non-hydrogen) atoms. The van der Waals surface area contributed by atoms with E-state index >= 15 is 0 Å². The summed E-state index contributed by atoms with van der Waals surface area (Å²) in [6.07, 6.45) is 0. The minimum atomic E-state index is 0.665. The van der Waals surface area contributed by atoms with Crippen molar-refractivity contribution in [1.29, 1.82) is 0 Å². The molecule has 0 saturated heterocycles. The Morgan fingerprint density at radius 3 is 2.64 bits per heavy atom. The van der Waals surface area contributed by atoms with Gasteiger partial charge in [0.25, 0.3) is 0 Å². The monoisotopic (exact) mass is 146 g/mol. The second-order valence-electron chi connectivity index (χ2n) is 2.13. The molecule has 0 N–H and O–H groups in total. The molecular formula is C9H10N2. The fraction of sp³-hybridized carbons (Fsp3) is 0.222. The summed E-state index contributed by atoms with van der Waals surface area (Å²) in [7, 11) is 1.66. The largest absolute Gasteiger partial charge is 0.229 e. The van der Waals surface area contributed by atoms with Gasteiger partial charge < -0.3 is 0 Å². The van der Waals surface area contributed by atoms with E-state index in [0.717, 1.165) is 0 Å². The smallest absolute Gasteiger partial charge is 0.0893 e. The second kappa shape index (κ2) is 4.42. The standard InChI is InChI=1S/C9H10N2/c1-10-8-11-7-9-5-3-2-4-6-9/h2-6H,7H2,1H3. The van der Waals surface area contributed by atoms with Gasteiger partial charge in [0.05, 0.1) is 12.6 Å². The number of hydrogen-bond donors (Lipinski definition) is 0. The fourth-order valence-corrected chi connectivity index (χ4v) is 0.781. The van der Waals surface area contributed by atoms with Crippen molar-refractivity contribution >= 4 is 6.01 Å². The van der Waals surface area contributed by atoms with Crippen LogP contribution in [0.15, 0.2) is 40.3 Å². The Morgan fingerprint density at radius 2 is 2.00 bits per heavy atom. The van der Waals surface area contributed by atoms with Crippen LogP contribution >= 0.6 is 0 Å². The molecule has 2 heteroatoms. The molecule has 0 bridgehead atoms. The molecule has 2 nitrogen and oxygen atoms in total. The molecule has 0 aromatic heterocycles. The molecule has 0 heterocycles. The third kappa shape index (κ3) is 2.78. The van der Waals surface area contributed by atoms with Crippen LogP contribution in [0.5, 0.6) is 0 Å². The van der Waals surface area contributed by atoms with Gasteiger partial charge in [-0.2, -0.15) is 0 Å². The first-order valence-corrected chi connectivity index (χ1v) is 3.47. The van der Waals surface area contributed by atoms with Gasteiger partial charge in [-0.3, -0.25) is 0 Å². The lowest BCUT2D eigenvalue weighted by atomic mass is 10.2. The molecule has 1 rings (SSSR count). The molecule has 0 aliphatic rings. The van der Waals surface area contributed by atoms with E-state index in [1.807, 2.05) is 30.3 Å². The number of nitrogens with zero attached hydrogens (tertiary/aromatic N) is 2. The zero-order valence-electron chi connectivity index (χ0n) is 6.49. The zero-order valence-corrected chi connectivity index (χ0v) is 6.49. The van der Waals surface area contributed by atoms with Crippen molar-refractivity contribution in [3.05, 3.63) is 35.9 Å². The first kappa shape index (κ1) is 7.70. The predicted octanol–water partition coefficient (Wildman–Crippen LogP) is 1.99. The topological polar surface area (TPSA) is 24.7 Å². The Balaban J connectivity index is 2.59. The van der Waals surface area contributed by atoms with Crippen molar-refractivity contribution in [3.8, 4) is 0 Å². The quantitative estimate of drug-likeness (QED) is 0.570. The summed E-state index contributed by atoms with van der Waals surface area (Å²) in [6.45, 7) is 0.665. The van der Waals surface area contributed by atoms with E-state index in [4.69, 9.17) is 0 Å². The maximum absolute atomic E-state index is 3.94. The molecule has 0 atom stereocenters. The number of aliphatic imine (C=N–C) groups is 2. The Morgan fingerprint density at radius 1 is 1.27 bits per heavy atom. The van der Waals surface area contributed by atoms with E-state index in [0.29, 0.717) is 6.54 Å². The Hall–Kier alpha value is -1.40. The van der Waals surface area contributed by atoms with Gasteiger partial charge in [0, 0.05) is 7.05 Å². The highest BCUT2D eigenvalue weighted by Gasteiger charge is 1.84. The van der Waals surface area contributed by atoms with Crippen molar-refractivity contribution in [2.75, 3.05) is 7.05 Å². The van der Waals surface area contributed by atoms with Gasteiger partial charge in [-0.05, 0) is 5.56 Å². The molecule has 0 unspecified atom stereocenters. The van der Waals surface area contributed by atoms with Crippen LogP contribution < -0.4 is 0 Å². The van der Waals surface area contributed by atoms with Crippen LogP contribution in [0.4, 0.5) is 0 Å². The molecule has 0 saturated carbocycles. The van der Waals surface area contributed by atoms with Crippen LogP contribution in [-0.4, -0.2) is 13.1 Å². The fourth-order valence-electron chi connectivity index (χ4n) is 0.781. The second-order valence-corrected chi connectivity index (χ2v) is 2.13. The maximum Gasteiger partial charge on any atom is 0.0893 e. The average molecular weight is 146 g/mol. The minimum absolute atomic E-state index is 0.665. The Kier molecular flexibility index (Phi) is 3.10. The lowest BCUT2D eigenvalue weighted by Gasteiger charge is -1.90. The summed E-state index contributed by atoms with van der Waals surface area (Å²) < 4.78 is 0. The predicted molar refractivity (Wildman–Crippen MR) is 45.9 cm³/mol. The van der Waals surface area contributed by atoms with Crippen LogP contribution in [0.1, 0.15) is 5.56 Å². The molecule has 0 aliphatic carbocycles. The molecule has 0 fully saturated rings. The van der Waals surface area contributed by atoms with E-state index in [-0.39, 0.29) is 0 Å². The van der Waals surface area contributed by atoms with E-state index in [1.54, 1.807) is 7.05 Å². The minimum Gasteiger partial charge on any atom is -0.229 e. The third-order valence-electron chi connectivity index (χ3n) is 1.28. The van der Waals surface area contributed by atoms with Crippen molar-refractivity contribution < 1.29 is 0 Å². The van der Waals surface area contributed by atoms with Crippen molar-refractivity contribution in [2.24, 2.45) is 9.98 Å². The van der Waals surface area contributed by atoms with Crippen molar-refractivity contribution in [1.82, 2.24) is 0 Å². The van der Waals surface area contributed by atoms with Crippen LogP contribution in [-0.2, 0) is 6.54 Å². The third-order valence-corrected chi connectivity index (χ3v) is 1.28. The molecule has 0 amide bonds. The summed E-state index contributed by atoms with van der Waals surface area (Å²) in [5.41, 5.74) is 1.18. The normalized spacial score (nSPS) is 8.45. The van der Waals surface area contributed by atoms with E-state index in [2.05, 4.69) is 16.0 Å². The van der Waals surface area contributed by atoms with Crippen molar-refractivity contribution in [2.45, 2.75) is 6.54 Å². The van der Waals surface area contributed by atoms with Crippen LogP contribution in [0.25, 0.3) is 0 Å². The average Bonchev–Trinajstić information content (AvgIpc) is 2.07. The van der Waals surface area contributed by atoms with Gasteiger partial charge >= 0.3 is 0 Å². The summed E-state index contributed by atoms with van der Waals surface area (Å²) >= 11 is 0. The number of hydrogen-bond acceptors (Lipinski definition) is 2. The van der Waals surface area contributed by atoms with E-state index in [1.165, 1.54) is 5.56 Å². The van der Waals surface area contributed by atoms with Crippen LogP contribution in [0.2, 0.25) is 0 Å². The van der Waals surface area contributed by atoms with Gasteiger partial charge in [0.1, 0.15) is 0 Å². The van der Waals surface area contributed by atoms with Gasteiger partial charge in [0.15, 0.2) is 0 Å². The van der Waals surface area contributed by atoms with Crippen LogP contribution in [0.3, 0.4) is 0 Å². The highest BCUT2D eigenvalue weighted by atomic mass is 14.8. The first-order valence-electron chi connectivity index (χ1n) is 3.47. The zero-order chi connectivity index (χ0) is 7.94. The maximum atomic E-state index is 3.94. The molecule has 1 aromatic rings. The van der Waals surface area contributed by atoms with Crippen molar-refractivity contribution in [3.63, 3.8) is 0 Å². The molecule has 1 aromatic carbocycles. The summed E-state index contributed by atoms with van der Waals surface area (Å²) in [6, 6.07) is 12.6. The van der Waals surface area contributed by atoms with Gasteiger partial charge in [-0.15, -0.1) is 0 Å². The Labute approximate surface area is 66.3 Å². The summed E-state index contributed by atoms with van der Waals surface area (Å²) in [5.74, 6) is 0. The lowest BCUT2D eigenvalue weighted by Crippen LogP contribution is -1.77. The molecular weight excluding hydrogens is 136 g/mol. The van der Waals surface area contributed by atoms with Gasteiger partial charge in [-0.1, -0.05) is 30.3 Å². The summed E-state index contributed by atoms with van der Waals surface area (Å²) in [5, 5.41) is 0. The van der Waals surface area contributed by atoms with Gasteiger partial charge in [-0.25, -0.2) is 9.98 Å².